The quantitative estimate of drug-likeness (QED) is 0.792. The molecule has 3 aliphatic heterocycles. The first-order valence-electron chi connectivity index (χ1n) is 6.92. The fourth-order valence-electron chi connectivity index (χ4n) is 3.12. The normalized spacial score (nSPS) is 43.1. The molecule has 0 saturated carbocycles. The maximum absolute atomic E-state index is 10.9. The molecule has 0 aliphatic carbocycles. The largest absolute Gasteiger partial charge is 0.444 e. The van der Waals surface area contributed by atoms with Gasteiger partial charge in [0.25, 0.3) is 0 Å². The Balaban J connectivity index is 1.86. The van der Waals surface area contributed by atoms with E-state index in [1.165, 1.54) is 0 Å². The standard InChI is InChI=1S/C13H21NO7/c1-11(2)18-7-5-17-13(6-16-10(14)15)9(8(7)19-11)20-12(3,4)21-13/h7-9H,5-6H2,1-4H3,(H2,14,15). The molecule has 3 rings (SSSR count). The Hall–Kier alpha value is -0.930. The highest BCUT2D eigenvalue weighted by molar-refractivity contribution is 5.64. The molecule has 0 spiro atoms. The van der Waals surface area contributed by atoms with E-state index < -0.39 is 29.6 Å². The van der Waals surface area contributed by atoms with Gasteiger partial charge in [-0.05, 0) is 27.7 Å². The molecule has 2 N–H and O–H groups in total. The lowest BCUT2D eigenvalue weighted by atomic mass is 9.97. The van der Waals surface area contributed by atoms with Crippen molar-refractivity contribution in [1.82, 2.24) is 0 Å². The van der Waals surface area contributed by atoms with Gasteiger partial charge in [0, 0.05) is 0 Å². The van der Waals surface area contributed by atoms with Gasteiger partial charge in [-0.3, -0.25) is 0 Å². The summed E-state index contributed by atoms with van der Waals surface area (Å²) in [5, 5.41) is 0. The van der Waals surface area contributed by atoms with Crippen LogP contribution in [0.25, 0.3) is 0 Å². The summed E-state index contributed by atoms with van der Waals surface area (Å²) in [6, 6.07) is 0. The van der Waals surface area contributed by atoms with E-state index in [4.69, 9.17) is 34.2 Å². The van der Waals surface area contributed by atoms with Crippen LogP contribution in [0.3, 0.4) is 0 Å². The molecule has 0 aromatic rings. The second-order valence-electron chi connectivity index (χ2n) is 6.41. The Kier molecular flexibility index (Phi) is 3.23. The van der Waals surface area contributed by atoms with Gasteiger partial charge in [-0.15, -0.1) is 0 Å². The predicted octanol–water partition coefficient (Wildman–Crippen LogP) is 0.480. The molecule has 1 amide bonds. The lowest BCUT2D eigenvalue weighted by molar-refractivity contribution is -0.293. The Labute approximate surface area is 122 Å². The molecule has 0 radical (unpaired) electrons. The number of carbonyl (C=O) groups is 1. The van der Waals surface area contributed by atoms with E-state index in [-0.39, 0.29) is 25.4 Å². The Bertz CT molecular complexity index is 452. The summed E-state index contributed by atoms with van der Waals surface area (Å²) in [6.45, 7) is 7.27. The smallest absolute Gasteiger partial charge is 0.404 e. The minimum absolute atomic E-state index is 0.163. The molecule has 21 heavy (non-hydrogen) atoms. The SMILES string of the molecule is CC1(C)OC2COC3(COC(N)=O)OC(C)(C)OC3C2O1. The summed E-state index contributed by atoms with van der Waals surface area (Å²) in [5.41, 5.74) is 5.04. The molecule has 4 atom stereocenters. The summed E-state index contributed by atoms with van der Waals surface area (Å²) in [7, 11) is 0. The van der Waals surface area contributed by atoms with Crippen molar-refractivity contribution in [3.63, 3.8) is 0 Å². The van der Waals surface area contributed by atoms with Gasteiger partial charge < -0.3 is 34.2 Å². The number of fused-ring (bicyclic) bond motifs is 3. The van der Waals surface area contributed by atoms with Crippen molar-refractivity contribution in [3.8, 4) is 0 Å². The fourth-order valence-corrected chi connectivity index (χ4v) is 3.12. The van der Waals surface area contributed by atoms with Crippen LogP contribution in [0, 0.1) is 0 Å². The number of nitrogens with two attached hydrogens (primary N) is 1. The lowest BCUT2D eigenvalue weighted by Crippen LogP contribution is -2.60. The number of primary amides is 1. The van der Waals surface area contributed by atoms with Crippen LogP contribution in [0.15, 0.2) is 0 Å². The summed E-state index contributed by atoms with van der Waals surface area (Å²) in [6.07, 6.45) is -2.10. The van der Waals surface area contributed by atoms with Crippen molar-refractivity contribution in [2.24, 2.45) is 5.73 Å². The molecule has 0 aromatic carbocycles. The van der Waals surface area contributed by atoms with Gasteiger partial charge >= 0.3 is 6.09 Å². The molecule has 3 heterocycles. The van der Waals surface area contributed by atoms with Gasteiger partial charge in [-0.1, -0.05) is 0 Å². The summed E-state index contributed by atoms with van der Waals surface area (Å²) >= 11 is 0. The first-order chi connectivity index (χ1) is 9.63. The molecule has 4 unspecified atom stereocenters. The zero-order valence-electron chi connectivity index (χ0n) is 12.6. The summed E-state index contributed by atoms with van der Waals surface area (Å²) in [5.74, 6) is -2.85. The molecule has 8 nitrogen and oxygen atoms in total. The van der Waals surface area contributed by atoms with Crippen LogP contribution < -0.4 is 5.73 Å². The molecule has 8 heteroatoms. The zero-order chi connectivity index (χ0) is 15.5. The van der Waals surface area contributed by atoms with E-state index in [0.29, 0.717) is 0 Å². The molecule has 3 aliphatic rings. The van der Waals surface area contributed by atoms with Crippen molar-refractivity contribution in [2.45, 2.75) is 63.4 Å². The number of ether oxygens (including phenoxy) is 6. The first-order valence-corrected chi connectivity index (χ1v) is 6.92. The third kappa shape index (κ3) is 2.62. The van der Waals surface area contributed by atoms with Gasteiger partial charge in [-0.2, -0.15) is 0 Å². The van der Waals surface area contributed by atoms with Crippen molar-refractivity contribution >= 4 is 6.09 Å². The monoisotopic (exact) mass is 303 g/mol. The first kappa shape index (κ1) is 15.0. The topological polar surface area (TPSA) is 98.5 Å². The van der Waals surface area contributed by atoms with Crippen molar-refractivity contribution < 1.29 is 33.2 Å². The van der Waals surface area contributed by atoms with Gasteiger partial charge in [0.15, 0.2) is 18.2 Å². The number of hydrogen-bond acceptors (Lipinski definition) is 7. The van der Waals surface area contributed by atoms with E-state index in [9.17, 15) is 4.79 Å². The minimum atomic E-state index is -1.23. The van der Waals surface area contributed by atoms with Crippen molar-refractivity contribution in [2.75, 3.05) is 13.2 Å². The zero-order valence-corrected chi connectivity index (χ0v) is 12.6. The molecule has 0 bridgehead atoms. The van der Waals surface area contributed by atoms with Crippen LogP contribution in [-0.2, 0) is 28.4 Å². The Morgan fingerprint density at radius 3 is 2.57 bits per heavy atom. The number of amides is 1. The van der Waals surface area contributed by atoms with Crippen molar-refractivity contribution in [3.05, 3.63) is 0 Å². The van der Waals surface area contributed by atoms with Gasteiger partial charge in [0.05, 0.1) is 6.61 Å². The van der Waals surface area contributed by atoms with Crippen LogP contribution in [0.5, 0.6) is 0 Å². The van der Waals surface area contributed by atoms with Crippen LogP contribution in [-0.4, -0.2) is 55.0 Å². The van der Waals surface area contributed by atoms with E-state index in [1.54, 1.807) is 13.8 Å². The average Bonchev–Trinajstić information content (AvgIpc) is 2.78. The molecule has 3 saturated heterocycles. The second-order valence-corrected chi connectivity index (χ2v) is 6.41. The molecule has 120 valence electrons. The number of hydrogen-bond donors (Lipinski definition) is 1. The summed E-state index contributed by atoms with van der Waals surface area (Å²) in [4.78, 5) is 10.9. The van der Waals surface area contributed by atoms with Crippen LogP contribution >= 0.6 is 0 Å². The minimum Gasteiger partial charge on any atom is -0.444 e. The highest BCUT2D eigenvalue weighted by Crippen LogP contribution is 2.47. The van der Waals surface area contributed by atoms with E-state index in [1.807, 2.05) is 13.8 Å². The molecular weight excluding hydrogens is 282 g/mol. The van der Waals surface area contributed by atoms with Gasteiger partial charge in [0.1, 0.15) is 18.3 Å². The number of carbonyl (C=O) groups excluding carboxylic acids is 1. The predicted molar refractivity (Wildman–Crippen MR) is 68.1 cm³/mol. The molecular formula is C13H21NO7. The summed E-state index contributed by atoms with van der Waals surface area (Å²) < 4.78 is 34.2. The Morgan fingerprint density at radius 1 is 1.19 bits per heavy atom. The fraction of sp³-hybridized carbons (Fsp3) is 0.923. The Morgan fingerprint density at radius 2 is 1.90 bits per heavy atom. The number of rotatable bonds is 2. The highest BCUT2D eigenvalue weighted by Gasteiger charge is 2.65. The van der Waals surface area contributed by atoms with Crippen LogP contribution in [0.1, 0.15) is 27.7 Å². The van der Waals surface area contributed by atoms with Crippen molar-refractivity contribution in [1.29, 1.82) is 0 Å². The van der Waals surface area contributed by atoms with E-state index >= 15 is 0 Å². The highest BCUT2D eigenvalue weighted by atomic mass is 16.9. The third-order valence-corrected chi connectivity index (χ3v) is 3.69. The average molecular weight is 303 g/mol. The van der Waals surface area contributed by atoms with Crippen LogP contribution in [0.4, 0.5) is 4.79 Å². The maximum atomic E-state index is 10.9. The van der Waals surface area contributed by atoms with E-state index in [0.717, 1.165) is 0 Å². The second kappa shape index (κ2) is 4.53. The third-order valence-electron chi connectivity index (χ3n) is 3.69. The van der Waals surface area contributed by atoms with Crippen LogP contribution in [0.2, 0.25) is 0 Å². The maximum Gasteiger partial charge on any atom is 0.404 e. The molecule has 3 fully saturated rings. The van der Waals surface area contributed by atoms with E-state index in [2.05, 4.69) is 0 Å². The lowest BCUT2D eigenvalue weighted by Gasteiger charge is -2.39. The van der Waals surface area contributed by atoms with Gasteiger partial charge in [-0.25, -0.2) is 4.79 Å². The van der Waals surface area contributed by atoms with Gasteiger partial charge in [0.2, 0.25) is 5.79 Å². The molecule has 0 aromatic heterocycles.